The molecule has 45 heavy (non-hydrogen) atoms. The quantitative estimate of drug-likeness (QED) is 0.208. The first-order chi connectivity index (χ1) is 22.3. The van der Waals surface area contributed by atoms with Gasteiger partial charge in [-0.1, -0.05) is 109 Å². The summed E-state index contributed by atoms with van der Waals surface area (Å²) >= 11 is 0. The first-order valence-corrected chi connectivity index (χ1v) is 15.1. The van der Waals surface area contributed by atoms with Gasteiger partial charge < -0.3 is 0 Å². The van der Waals surface area contributed by atoms with Gasteiger partial charge in [0.1, 0.15) is 0 Å². The first kappa shape index (κ1) is 25.4. The van der Waals surface area contributed by atoms with E-state index in [4.69, 9.17) is 9.97 Å². The highest BCUT2D eigenvalue weighted by molar-refractivity contribution is 5.97. The van der Waals surface area contributed by atoms with Gasteiger partial charge in [-0.2, -0.15) is 5.26 Å². The standard InChI is InChI=1S/C42H25N3/c43-24-27-17-19-28(20-18-27)41-44-25-30(26-45-41)29-21-22-36-32-10-2-1-9-31(32)33-11-3-6-14-37(33)42(40(36)23-29)38-15-7-4-12-34(38)35-13-5-8-16-39(35)42/h1-23,25-26H. The summed E-state index contributed by atoms with van der Waals surface area (Å²) in [7, 11) is 0. The second-order valence-corrected chi connectivity index (χ2v) is 11.7. The molecule has 0 amide bonds. The molecule has 0 fully saturated rings. The van der Waals surface area contributed by atoms with Gasteiger partial charge in [0.05, 0.1) is 17.0 Å². The van der Waals surface area contributed by atoms with E-state index in [-0.39, 0.29) is 0 Å². The molecular formula is C42H25N3. The maximum atomic E-state index is 9.18. The van der Waals surface area contributed by atoms with Crippen molar-refractivity contribution in [3.05, 3.63) is 180 Å². The molecule has 0 atom stereocenters. The highest BCUT2D eigenvalue weighted by Crippen LogP contribution is 2.61. The molecule has 1 spiro atoms. The Morgan fingerprint density at radius 1 is 0.422 bits per heavy atom. The van der Waals surface area contributed by atoms with E-state index in [0.29, 0.717) is 11.4 Å². The average molecular weight is 572 g/mol. The van der Waals surface area contributed by atoms with Crippen LogP contribution in [0.5, 0.6) is 0 Å². The van der Waals surface area contributed by atoms with Gasteiger partial charge in [0.2, 0.25) is 0 Å². The lowest BCUT2D eigenvalue weighted by Crippen LogP contribution is -2.29. The molecule has 6 aromatic carbocycles. The van der Waals surface area contributed by atoms with E-state index in [1.165, 1.54) is 55.6 Å². The largest absolute Gasteiger partial charge is 0.236 e. The molecule has 208 valence electrons. The average Bonchev–Trinajstić information content (AvgIpc) is 3.37. The predicted octanol–water partition coefficient (Wildman–Crippen LogP) is 9.69. The van der Waals surface area contributed by atoms with Crippen LogP contribution >= 0.6 is 0 Å². The molecule has 2 aliphatic rings. The Morgan fingerprint density at radius 2 is 0.867 bits per heavy atom. The lowest BCUT2D eigenvalue weighted by Gasteiger charge is -2.35. The van der Waals surface area contributed by atoms with Crippen LogP contribution in [0, 0.1) is 11.3 Å². The van der Waals surface area contributed by atoms with Crippen molar-refractivity contribution in [2.75, 3.05) is 0 Å². The van der Waals surface area contributed by atoms with Gasteiger partial charge in [-0.25, -0.2) is 9.97 Å². The molecule has 1 aromatic heterocycles. The molecule has 0 aliphatic heterocycles. The number of aromatic nitrogens is 2. The van der Waals surface area contributed by atoms with Crippen molar-refractivity contribution in [2.45, 2.75) is 5.41 Å². The number of nitrogens with zero attached hydrogens (tertiary/aromatic N) is 3. The third-order valence-corrected chi connectivity index (χ3v) is 9.47. The number of hydrogen-bond donors (Lipinski definition) is 0. The van der Waals surface area contributed by atoms with E-state index in [9.17, 15) is 5.26 Å². The van der Waals surface area contributed by atoms with E-state index in [0.717, 1.165) is 16.7 Å². The summed E-state index contributed by atoms with van der Waals surface area (Å²) in [6.07, 6.45) is 3.81. The maximum absolute atomic E-state index is 9.18. The van der Waals surface area contributed by atoms with Crippen molar-refractivity contribution in [1.29, 1.82) is 5.26 Å². The summed E-state index contributed by atoms with van der Waals surface area (Å²) in [4.78, 5) is 9.50. The number of fused-ring (bicyclic) bond motifs is 12. The van der Waals surface area contributed by atoms with E-state index in [1.54, 1.807) is 12.1 Å². The fraction of sp³-hybridized carbons (Fsp3) is 0.0238. The molecule has 0 N–H and O–H groups in total. The Hall–Kier alpha value is -6.11. The van der Waals surface area contributed by atoms with Crippen molar-refractivity contribution in [3.63, 3.8) is 0 Å². The second-order valence-electron chi connectivity index (χ2n) is 11.7. The third-order valence-electron chi connectivity index (χ3n) is 9.47. The summed E-state index contributed by atoms with van der Waals surface area (Å²) in [6, 6.07) is 51.9. The molecule has 0 bridgehead atoms. The minimum Gasteiger partial charge on any atom is -0.236 e. The third kappa shape index (κ3) is 3.57. The van der Waals surface area contributed by atoms with Gasteiger partial charge in [-0.15, -0.1) is 0 Å². The number of benzene rings is 6. The normalized spacial score (nSPS) is 13.0. The Morgan fingerprint density at radius 3 is 1.40 bits per heavy atom. The fourth-order valence-corrected chi connectivity index (χ4v) is 7.55. The van der Waals surface area contributed by atoms with Crippen LogP contribution in [0.25, 0.3) is 55.9 Å². The minimum atomic E-state index is -0.516. The smallest absolute Gasteiger partial charge is 0.159 e. The van der Waals surface area contributed by atoms with Gasteiger partial charge in [0.15, 0.2) is 5.82 Å². The molecular weight excluding hydrogens is 546 g/mol. The SMILES string of the molecule is N#Cc1ccc(-c2ncc(-c3ccc4c(c3)C3(c5ccccc5-c5ccccc5-4)c4ccccc4-c4ccccc43)cn2)cc1. The number of rotatable bonds is 2. The lowest BCUT2D eigenvalue weighted by atomic mass is 9.65. The zero-order valence-electron chi connectivity index (χ0n) is 24.3. The predicted molar refractivity (Wildman–Crippen MR) is 179 cm³/mol. The molecule has 1 heterocycles. The molecule has 0 saturated heterocycles. The summed E-state index contributed by atoms with van der Waals surface area (Å²) in [6.45, 7) is 0. The zero-order valence-corrected chi connectivity index (χ0v) is 24.3. The summed E-state index contributed by atoms with van der Waals surface area (Å²) in [5.74, 6) is 0.635. The number of hydrogen-bond acceptors (Lipinski definition) is 3. The van der Waals surface area contributed by atoms with Crippen LogP contribution < -0.4 is 0 Å². The van der Waals surface area contributed by atoms with Gasteiger partial charge in [0, 0.05) is 23.5 Å². The topological polar surface area (TPSA) is 49.6 Å². The van der Waals surface area contributed by atoms with Crippen LogP contribution in [0.2, 0.25) is 0 Å². The van der Waals surface area contributed by atoms with Crippen LogP contribution in [-0.2, 0) is 5.41 Å². The van der Waals surface area contributed by atoms with Crippen LogP contribution in [0.15, 0.2) is 152 Å². The molecule has 0 unspecified atom stereocenters. The highest BCUT2D eigenvalue weighted by Gasteiger charge is 2.49. The van der Waals surface area contributed by atoms with E-state index in [1.807, 2.05) is 24.5 Å². The molecule has 0 radical (unpaired) electrons. The van der Waals surface area contributed by atoms with E-state index >= 15 is 0 Å². The zero-order chi connectivity index (χ0) is 30.0. The van der Waals surface area contributed by atoms with E-state index < -0.39 is 5.41 Å². The molecule has 0 saturated carbocycles. The van der Waals surface area contributed by atoms with Gasteiger partial charge in [0.25, 0.3) is 0 Å². The summed E-state index contributed by atoms with van der Waals surface area (Å²) in [5.41, 5.74) is 15.7. The Labute approximate surface area is 261 Å². The summed E-state index contributed by atoms with van der Waals surface area (Å²) < 4.78 is 0. The van der Waals surface area contributed by atoms with Gasteiger partial charge in [-0.05, 0) is 91.5 Å². The van der Waals surface area contributed by atoms with Gasteiger partial charge in [-0.3, -0.25) is 0 Å². The fourth-order valence-electron chi connectivity index (χ4n) is 7.55. The number of nitriles is 1. The van der Waals surface area contributed by atoms with Crippen molar-refractivity contribution >= 4 is 0 Å². The maximum Gasteiger partial charge on any atom is 0.159 e. The Bertz CT molecular complexity index is 2280. The molecule has 2 aliphatic carbocycles. The second kappa shape index (κ2) is 9.71. The van der Waals surface area contributed by atoms with E-state index in [2.05, 4.69) is 121 Å². The van der Waals surface area contributed by atoms with Crippen LogP contribution in [0.4, 0.5) is 0 Å². The first-order valence-electron chi connectivity index (χ1n) is 15.1. The monoisotopic (exact) mass is 571 g/mol. The van der Waals surface area contributed by atoms with Crippen molar-refractivity contribution in [1.82, 2.24) is 9.97 Å². The lowest BCUT2D eigenvalue weighted by molar-refractivity contribution is 0.775. The van der Waals surface area contributed by atoms with Gasteiger partial charge >= 0.3 is 0 Å². The van der Waals surface area contributed by atoms with Crippen molar-refractivity contribution in [3.8, 4) is 62.0 Å². The van der Waals surface area contributed by atoms with Crippen molar-refractivity contribution in [2.24, 2.45) is 0 Å². The van der Waals surface area contributed by atoms with Crippen molar-refractivity contribution < 1.29 is 0 Å². The van der Waals surface area contributed by atoms with Crippen LogP contribution in [0.1, 0.15) is 27.8 Å². The van der Waals surface area contributed by atoms with Crippen LogP contribution in [0.3, 0.4) is 0 Å². The minimum absolute atomic E-state index is 0.516. The Kier molecular flexibility index (Phi) is 5.48. The van der Waals surface area contributed by atoms with Crippen LogP contribution in [-0.4, -0.2) is 9.97 Å². The molecule has 3 heteroatoms. The molecule has 9 rings (SSSR count). The molecule has 7 aromatic rings. The summed E-state index contributed by atoms with van der Waals surface area (Å²) in [5, 5.41) is 9.18. The Balaban J connectivity index is 1.33. The highest BCUT2D eigenvalue weighted by atomic mass is 14.9. The molecule has 3 nitrogen and oxygen atoms in total.